The zero-order chi connectivity index (χ0) is 17.2. The largest absolute Gasteiger partial charge is 0.369 e. The van der Waals surface area contributed by atoms with Crippen molar-refractivity contribution in [2.45, 2.75) is 32.6 Å². The number of fused-ring (bicyclic) bond motifs is 1. The van der Waals surface area contributed by atoms with Crippen LogP contribution in [-0.4, -0.2) is 50.6 Å². The molecule has 0 aromatic heterocycles. The molecule has 6 nitrogen and oxygen atoms in total. The van der Waals surface area contributed by atoms with Gasteiger partial charge in [0.1, 0.15) is 0 Å². The van der Waals surface area contributed by atoms with E-state index in [9.17, 15) is 13.2 Å². The SMILES string of the molecule is CCCCS(=O)(=O)N1CCN(c2ccc3c(c2)CCC(=O)N3)CC1. The van der Waals surface area contributed by atoms with Crippen molar-refractivity contribution >= 4 is 27.3 Å². The van der Waals surface area contributed by atoms with Crippen LogP contribution in [0.5, 0.6) is 0 Å². The minimum absolute atomic E-state index is 0.0705. The van der Waals surface area contributed by atoms with Gasteiger partial charge in [-0.3, -0.25) is 4.79 Å². The van der Waals surface area contributed by atoms with Crippen LogP contribution in [0.25, 0.3) is 0 Å². The molecule has 2 aliphatic rings. The molecule has 24 heavy (non-hydrogen) atoms. The number of piperazine rings is 1. The second-order valence-electron chi connectivity index (χ2n) is 6.45. The Morgan fingerprint density at radius 1 is 1.12 bits per heavy atom. The van der Waals surface area contributed by atoms with Crippen molar-refractivity contribution in [3.63, 3.8) is 0 Å². The molecule has 0 unspecified atom stereocenters. The number of nitrogens with zero attached hydrogens (tertiary/aromatic N) is 2. The van der Waals surface area contributed by atoms with Crippen LogP contribution >= 0.6 is 0 Å². The van der Waals surface area contributed by atoms with Crippen LogP contribution in [0.15, 0.2) is 18.2 Å². The molecule has 1 aromatic carbocycles. The first-order valence-corrected chi connectivity index (χ1v) is 10.3. The number of carbonyl (C=O) groups excluding carboxylic acids is 1. The molecule has 0 radical (unpaired) electrons. The van der Waals surface area contributed by atoms with E-state index >= 15 is 0 Å². The van der Waals surface area contributed by atoms with Crippen molar-refractivity contribution in [1.29, 1.82) is 0 Å². The fourth-order valence-corrected chi connectivity index (χ4v) is 4.88. The summed E-state index contributed by atoms with van der Waals surface area (Å²) >= 11 is 0. The number of carbonyl (C=O) groups is 1. The Bertz CT molecular complexity index is 710. The van der Waals surface area contributed by atoms with Crippen LogP contribution in [0.1, 0.15) is 31.7 Å². The normalized spacial score (nSPS) is 19.0. The highest BCUT2D eigenvalue weighted by molar-refractivity contribution is 7.89. The van der Waals surface area contributed by atoms with E-state index in [4.69, 9.17) is 0 Å². The van der Waals surface area contributed by atoms with Crippen molar-refractivity contribution in [2.75, 3.05) is 42.1 Å². The van der Waals surface area contributed by atoms with Crippen LogP contribution in [0.4, 0.5) is 11.4 Å². The summed E-state index contributed by atoms with van der Waals surface area (Å²) in [6.45, 7) is 4.50. The minimum Gasteiger partial charge on any atom is -0.369 e. The van der Waals surface area contributed by atoms with Gasteiger partial charge in [-0.25, -0.2) is 8.42 Å². The lowest BCUT2D eigenvalue weighted by atomic mass is 10.0. The molecule has 1 amide bonds. The van der Waals surface area contributed by atoms with E-state index in [0.717, 1.165) is 36.2 Å². The average molecular weight is 351 g/mol. The maximum absolute atomic E-state index is 12.3. The fourth-order valence-electron chi connectivity index (χ4n) is 3.25. The Morgan fingerprint density at radius 3 is 2.58 bits per heavy atom. The number of amides is 1. The van der Waals surface area contributed by atoms with Crippen molar-refractivity contribution in [3.8, 4) is 0 Å². The van der Waals surface area contributed by atoms with Gasteiger partial charge in [-0.15, -0.1) is 0 Å². The first-order chi connectivity index (χ1) is 11.5. The Labute approximate surface area is 143 Å². The van der Waals surface area contributed by atoms with Crippen LogP contribution in [0, 0.1) is 0 Å². The van der Waals surface area contributed by atoms with Gasteiger partial charge in [-0.05, 0) is 36.6 Å². The van der Waals surface area contributed by atoms with Gasteiger partial charge in [0.25, 0.3) is 0 Å². The molecule has 7 heteroatoms. The number of sulfonamides is 1. The second kappa shape index (κ2) is 7.11. The highest BCUT2D eigenvalue weighted by atomic mass is 32.2. The van der Waals surface area contributed by atoms with Crippen LogP contribution in [0.2, 0.25) is 0 Å². The van der Waals surface area contributed by atoms with Gasteiger partial charge < -0.3 is 10.2 Å². The van der Waals surface area contributed by atoms with Crippen molar-refractivity contribution in [3.05, 3.63) is 23.8 Å². The molecule has 1 aromatic rings. The zero-order valence-electron chi connectivity index (χ0n) is 14.1. The number of rotatable bonds is 5. The molecule has 0 spiro atoms. The number of hydrogen-bond acceptors (Lipinski definition) is 4. The summed E-state index contributed by atoms with van der Waals surface area (Å²) in [4.78, 5) is 13.7. The van der Waals surface area contributed by atoms with Gasteiger partial charge >= 0.3 is 0 Å². The van der Waals surface area contributed by atoms with Gasteiger partial charge in [0.2, 0.25) is 15.9 Å². The van der Waals surface area contributed by atoms with E-state index in [1.807, 2.05) is 19.1 Å². The zero-order valence-corrected chi connectivity index (χ0v) is 14.9. The number of anilines is 2. The lowest BCUT2D eigenvalue weighted by Crippen LogP contribution is -2.49. The summed E-state index contributed by atoms with van der Waals surface area (Å²) in [5.74, 6) is 0.323. The molecule has 2 aliphatic heterocycles. The minimum atomic E-state index is -3.11. The monoisotopic (exact) mass is 351 g/mol. The fraction of sp³-hybridized carbons (Fsp3) is 0.588. The molecule has 0 aliphatic carbocycles. The van der Waals surface area contributed by atoms with Gasteiger partial charge in [-0.1, -0.05) is 13.3 Å². The molecular weight excluding hydrogens is 326 g/mol. The summed E-state index contributed by atoms with van der Waals surface area (Å²) in [7, 11) is -3.11. The first-order valence-electron chi connectivity index (χ1n) is 8.65. The number of unbranched alkanes of at least 4 members (excludes halogenated alkanes) is 1. The third-order valence-corrected chi connectivity index (χ3v) is 6.69. The predicted octanol–water partition coefficient (Wildman–Crippen LogP) is 1.82. The van der Waals surface area contributed by atoms with Gasteiger partial charge in [0.05, 0.1) is 5.75 Å². The Morgan fingerprint density at radius 2 is 1.88 bits per heavy atom. The maximum atomic E-state index is 12.3. The number of hydrogen-bond donors (Lipinski definition) is 1. The Hall–Kier alpha value is -1.60. The third-order valence-electron chi connectivity index (χ3n) is 4.74. The molecule has 1 saturated heterocycles. The van der Waals surface area contributed by atoms with E-state index in [1.165, 1.54) is 0 Å². The second-order valence-corrected chi connectivity index (χ2v) is 8.53. The maximum Gasteiger partial charge on any atom is 0.224 e. The van der Waals surface area contributed by atoms with E-state index in [0.29, 0.717) is 32.6 Å². The summed E-state index contributed by atoms with van der Waals surface area (Å²) in [6, 6.07) is 6.08. The summed E-state index contributed by atoms with van der Waals surface area (Å²) in [5.41, 5.74) is 3.16. The molecular formula is C17H25N3O3S. The van der Waals surface area contributed by atoms with Crippen molar-refractivity contribution < 1.29 is 13.2 Å². The van der Waals surface area contributed by atoms with Crippen LogP contribution in [-0.2, 0) is 21.2 Å². The average Bonchev–Trinajstić information content (AvgIpc) is 2.59. The molecule has 0 saturated carbocycles. The topological polar surface area (TPSA) is 69.7 Å². The van der Waals surface area contributed by atoms with Crippen LogP contribution < -0.4 is 10.2 Å². The Balaban J connectivity index is 1.64. The van der Waals surface area contributed by atoms with E-state index in [2.05, 4.69) is 16.3 Å². The molecule has 2 heterocycles. The van der Waals surface area contributed by atoms with Gasteiger partial charge in [0, 0.05) is 44.0 Å². The van der Waals surface area contributed by atoms with Crippen molar-refractivity contribution in [2.24, 2.45) is 0 Å². The van der Waals surface area contributed by atoms with Gasteiger partial charge in [0.15, 0.2) is 0 Å². The van der Waals surface area contributed by atoms with Crippen molar-refractivity contribution in [1.82, 2.24) is 4.31 Å². The number of nitrogens with one attached hydrogen (secondary N) is 1. The van der Waals surface area contributed by atoms with E-state index in [1.54, 1.807) is 4.31 Å². The summed E-state index contributed by atoms with van der Waals surface area (Å²) in [6.07, 6.45) is 2.91. The quantitative estimate of drug-likeness (QED) is 0.879. The van der Waals surface area contributed by atoms with Gasteiger partial charge in [-0.2, -0.15) is 4.31 Å². The third kappa shape index (κ3) is 3.72. The predicted molar refractivity (Wildman–Crippen MR) is 95.9 cm³/mol. The molecule has 1 N–H and O–H groups in total. The Kier molecular flexibility index (Phi) is 5.10. The first kappa shape index (κ1) is 17.2. The highest BCUT2D eigenvalue weighted by Crippen LogP contribution is 2.28. The highest BCUT2D eigenvalue weighted by Gasteiger charge is 2.27. The lowest BCUT2D eigenvalue weighted by Gasteiger charge is -2.36. The number of benzene rings is 1. The molecule has 132 valence electrons. The standard InChI is InChI=1S/C17H25N3O3S/c1-2-3-12-24(22,23)20-10-8-19(9-11-20)15-5-6-16-14(13-15)4-7-17(21)18-16/h5-6,13H,2-4,7-12H2,1H3,(H,18,21). The number of aryl methyl sites for hydroxylation is 1. The molecule has 3 rings (SSSR count). The molecule has 0 bridgehead atoms. The summed E-state index contributed by atoms with van der Waals surface area (Å²) in [5, 5.41) is 2.89. The van der Waals surface area contributed by atoms with E-state index < -0.39 is 10.0 Å². The van der Waals surface area contributed by atoms with Crippen LogP contribution in [0.3, 0.4) is 0 Å². The smallest absolute Gasteiger partial charge is 0.224 e. The van der Waals surface area contributed by atoms with E-state index in [-0.39, 0.29) is 11.7 Å². The lowest BCUT2D eigenvalue weighted by molar-refractivity contribution is -0.116. The molecule has 0 atom stereocenters. The molecule has 1 fully saturated rings. The summed E-state index contributed by atoms with van der Waals surface area (Å²) < 4.78 is 26.2.